The summed E-state index contributed by atoms with van der Waals surface area (Å²) in [6, 6.07) is 6.64. The maximum atomic E-state index is 12.8. The van der Waals surface area contributed by atoms with Crippen LogP contribution in [0.15, 0.2) is 24.3 Å². The third kappa shape index (κ3) is 2.55. The molecular weight excluding hydrogens is 231 g/mol. The number of halogens is 1. The van der Waals surface area contributed by atoms with Gasteiger partial charge < -0.3 is 10.5 Å². The lowest BCUT2D eigenvalue weighted by atomic mass is 9.73. The summed E-state index contributed by atoms with van der Waals surface area (Å²) in [5.41, 5.74) is 7.05. The molecule has 1 saturated carbocycles. The molecule has 2 N–H and O–H groups in total. The second-order valence-electron chi connectivity index (χ2n) is 5.18. The minimum Gasteiger partial charge on any atom is -0.381 e. The van der Waals surface area contributed by atoms with E-state index in [2.05, 4.69) is 11.9 Å². The quantitative estimate of drug-likeness (QED) is 0.868. The smallest absolute Gasteiger partial charge is 0.123 e. The summed E-state index contributed by atoms with van der Waals surface area (Å²) in [5.74, 6) is -0.196. The maximum absolute atomic E-state index is 12.8. The zero-order valence-electron chi connectivity index (χ0n) is 11.0. The molecule has 0 atom stereocenters. The molecule has 0 spiro atoms. The number of nitrogens with zero attached hydrogens (tertiary/aromatic N) is 1. The van der Waals surface area contributed by atoms with Crippen LogP contribution < -0.4 is 5.73 Å². The summed E-state index contributed by atoms with van der Waals surface area (Å²) in [4.78, 5) is 2.26. The van der Waals surface area contributed by atoms with Crippen LogP contribution in [-0.4, -0.2) is 37.2 Å². The van der Waals surface area contributed by atoms with Crippen molar-refractivity contribution in [3.63, 3.8) is 0 Å². The number of hydrogen-bond donors (Lipinski definition) is 1. The summed E-state index contributed by atoms with van der Waals surface area (Å²) in [6.45, 7) is 1.42. The molecule has 0 unspecified atom stereocenters. The molecule has 0 amide bonds. The zero-order valence-corrected chi connectivity index (χ0v) is 11.0. The fourth-order valence-electron chi connectivity index (χ4n) is 2.62. The van der Waals surface area contributed by atoms with Gasteiger partial charge in [-0.15, -0.1) is 0 Å². The first-order valence-corrected chi connectivity index (χ1v) is 6.28. The number of nitrogens with two attached hydrogens (primary N) is 1. The summed E-state index contributed by atoms with van der Waals surface area (Å²) in [7, 11) is 3.81. The lowest BCUT2D eigenvalue weighted by Crippen LogP contribution is -2.62. The van der Waals surface area contributed by atoms with Gasteiger partial charge in [-0.05, 0) is 37.6 Å². The highest BCUT2D eigenvalue weighted by Crippen LogP contribution is 2.38. The number of benzene rings is 1. The topological polar surface area (TPSA) is 38.5 Å². The fraction of sp³-hybridized carbons (Fsp3) is 0.571. The van der Waals surface area contributed by atoms with E-state index in [4.69, 9.17) is 10.5 Å². The fourth-order valence-corrected chi connectivity index (χ4v) is 2.62. The van der Waals surface area contributed by atoms with Crippen LogP contribution in [0.4, 0.5) is 4.39 Å². The molecule has 0 aromatic heterocycles. The largest absolute Gasteiger partial charge is 0.381 e. The van der Waals surface area contributed by atoms with Crippen molar-refractivity contribution < 1.29 is 9.13 Å². The highest BCUT2D eigenvalue weighted by Gasteiger charge is 2.46. The van der Waals surface area contributed by atoms with Gasteiger partial charge in [-0.25, -0.2) is 4.39 Å². The van der Waals surface area contributed by atoms with Gasteiger partial charge in [0.15, 0.2) is 0 Å². The van der Waals surface area contributed by atoms with E-state index in [0.717, 1.165) is 24.9 Å². The number of likely N-dealkylation sites (N-methyl/N-ethyl adjacent to an activating group) is 1. The SMILES string of the molecule is COC1CC(CN)(N(C)Cc2ccc(F)cc2)C1. The molecule has 0 saturated heterocycles. The van der Waals surface area contributed by atoms with Crippen molar-refractivity contribution in [1.82, 2.24) is 4.90 Å². The highest BCUT2D eigenvalue weighted by molar-refractivity contribution is 5.17. The van der Waals surface area contributed by atoms with Crippen molar-refractivity contribution in [1.29, 1.82) is 0 Å². The van der Waals surface area contributed by atoms with Crippen LogP contribution >= 0.6 is 0 Å². The summed E-state index contributed by atoms with van der Waals surface area (Å²) < 4.78 is 18.2. The summed E-state index contributed by atoms with van der Waals surface area (Å²) >= 11 is 0. The van der Waals surface area contributed by atoms with Crippen LogP contribution in [-0.2, 0) is 11.3 Å². The van der Waals surface area contributed by atoms with Gasteiger partial charge in [0.05, 0.1) is 6.10 Å². The average molecular weight is 252 g/mol. The molecule has 18 heavy (non-hydrogen) atoms. The Balaban J connectivity index is 1.98. The molecule has 0 aliphatic heterocycles. The Morgan fingerprint density at radius 1 is 1.39 bits per heavy atom. The predicted octanol–water partition coefficient (Wildman–Crippen LogP) is 1.76. The van der Waals surface area contributed by atoms with Crippen LogP contribution in [0, 0.1) is 5.82 Å². The molecule has 1 aliphatic rings. The molecule has 1 fully saturated rings. The number of hydrogen-bond acceptors (Lipinski definition) is 3. The number of methoxy groups -OCH3 is 1. The Morgan fingerprint density at radius 3 is 2.50 bits per heavy atom. The van der Waals surface area contributed by atoms with E-state index >= 15 is 0 Å². The van der Waals surface area contributed by atoms with E-state index in [1.807, 2.05) is 12.1 Å². The Hall–Kier alpha value is -0.970. The second kappa shape index (κ2) is 5.34. The number of rotatable bonds is 5. The monoisotopic (exact) mass is 252 g/mol. The third-order valence-corrected chi connectivity index (χ3v) is 4.07. The van der Waals surface area contributed by atoms with E-state index in [1.165, 1.54) is 12.1 Å². The molecule has 2 rings (SSSR count). The van der Waals surface area contributed by atoms with Gasteiger partial charge in [-0.1, -0.05) is 12.1 Å². The van der Waals surface area contributed by atoms with Crippen LogP contribution in [0.2, 0.25) is 0 Å². The first-order valence-electron chi connectivity index (χ1n) is 6.28. The van der Waals surface area contributed by atoms with Crippen molar-refractivity contribution >= 4 is 0 Å². The molecule has 0 bridgehead atoms. The first kappa shape index (κ1) is 13.5. The van der Waals surface area contributed by atoms with Crippen LogP contribution in [0.3, 0.4) is 0 Å². The van der Waals surface area contributed by atoms with Crippen molar-refractivity contribution in [2.75, 3.05) is 20.7 Å². The van der Waals surface area contributed by atoms with Gasteiger partial charge in [0.1, 0.15) is 5.82 Å². The Bertz CT molecular complexity index is 387. The maximum Gasteiger partial charge on any atom is 0.123 e. The second-order valence-corrected chi connectivity index (χ2v) is 5.18. The normalized spacial score (nSPS) is 27.3. The highest BCUT2D eigenvalue weighted by atomic mass is 19.1. The van der Waals surface area contributed by atoms with Gasteiger partial charge >= 0.3 is 0 Å². The molecule has 1 aliphatic carbocycles. The summed E-state index contributed by atoms with van der Waals surface area (Å²) in [6.07, 6.45) is 2.26. The van der Waals surface area contributed by atoms with Gasteiger partial charge in [0.25, 0.3) is 0 Å². The van der Waals surface area contributed by atoms with Gasteiger partial charge in [0.2, 0.25) is 0 Å². The Morgan fingerprint density at radius 2 is 2.00 bits per heavy atom. The van der Waals surface area contributed by atoms with Gasteiger partial charge in [0, 0.05) is 25.7 Å². The minimum atomic E-state index is -0.196. The number of ether oxygens (including phenoxy) is 1. The lowest BCUT2D eigenvalue weighted by Gasteiger charge is -2.52. The predicted molar refractivity (Wildman–Crippen MR) is 69.7 cm³/mol. The van der Waals surface area contributed by atoms with Crippen molar-refractivity contribution in [3.8, 4) is 0 Å². The van der Waals surface area contributed by atoms with E-state index in [-0.39, 0.29) is 11.4 Å². The van der Waals surface area contributed by atoms with Crippen molar-refractivity contribution in [3.05, 3.63) is 35.6 Å². The lowest BCUT2D eigenvalue weighted by molar-refractivity contribution is -0.0811. The van der Waals surface area contributed by atoms with E-state index in [0.29, 0.717) is 12.6 Å². The van der Waals surface area contributed by atoms with E-state index < -0.39 is 0 Å². The van der Waals surface area contributed by atoms with E-state index in [9.17, 15) is 4.39 Å². The molecule has 0 heterocycles. The van der Waals surface area contributed by atoms with Gasteiger partial charge in [-0.3, -0.25) is 4.90 Å². The zero-order chi connectivity index (χ0) is 13.2. The molecule has 100 valence electrons. The molecule has 4 heteroatoms. The Labute approximate surface area is 108 Å². The molecule has 1 aromatic rings. The van der Waals surface area contributed by atoms with Crippen molar-refractivity contribution in [2.45, 2.75) is 31.0 Å². The van der Waals surface area contributed by atoms with Crippen LogP contribution in [0.1, 0.15) is 18.4 Å². The van der Waals surface area contributed by atoms with Crippen molar-refractivity contribution in [2.24, 2.45) is 5.73 Å². The molecule has 0 radical (unpaired) electrons. The molecule has 3 nitrogen and oxygen atoms in total. The van der Waals surface area contributed by atoms with Crippen LogP contribution in [0.5, 0.6) is 0 Å². The Kier molecular flexibility index (Phi) is 4.00. The third-order valence-electron chi connectivity index (χ3n) is 4.07. The van der Waals surface area contributed by atoms with E-state index in [1.54, 1.807) is 7.11 Å². The molecular formula is C14H21FN2O. The average Bonchev–Trinajstić information content (AvgIpc) is 2.32. The standard InChI is InChI=1S/C14H21FN2O/c1-17(9-11-3-5-12(15)6-4-11)14(10-16)7-13(8-14)18-2/h3-6,13H,7-10,16H2,1-2H3. The summed E-state index contributed by atoms with van der Waals surface area (Å²) in [5, 5.41) is 0. The minimum absolute atomic E-state index is 0.0368. The van der Waals surface area contributed by atoms with Crippen LogP contribution in [0.25, 0.3) is 0 Å². The molecule has 1 aromatic carbocycles. The first-order chi connectivity index (χ1) is 8.59. The van der Waals surface area contributed by atoms with Gasteiger partial charge in [-0.2, -0.15) is 0 Å².